The van der Waals surface area contributed by atoms with Gasteiger partial charge in [0.15, 0.2) is 5.82 Å². The van der Waals surface area contributed by atoms with Crippen molar-refractivity contribution in [3.8, 4) is 0 Å². The van der Waals surface area contributed by atoms with Crippen LogP contribution < -0.4 is 0 Å². The highest BCUT2D eigenvalue weighted by Crippen LogP contribution is 2.36. The van der Waals surface area contributed by atoms with E-state index in [4.69, 9.17) is 4.52 Å². The van der Waals surface area contributed by atoms with E-state index in [9.17, 15) is 9.90 Å². The standard InChI is InChI=1S/C15H25N3O3/c1-3-5-12-16-13(21-17-12)11-18-9-7-15(6-4-2,8-10-18)14(19)20/h3-11H2,1-2H3,(H,19,20). The topological polar surface area (TPSA) is 79.5 Å². The van der Waals surface area contributed by atoms with Crippen LogP contribution in [0.15, 0.2) is 4.52 Å². The largest absolute Gasteiger partial charge is 0.481 e. The molecule has 0 aliphatic carbocycles. The van der Waals surface area contributed by atoms with Gasteiger partial charge in [-0.15, -0.1) is 0 Å². The Hall–Kier alpha value is -1.43. The second-order valence-corrected chi connectivity index (χ2v) is 5.97. The summed E-state index contributed by atoms with van der Waals surface area (Å²) >= 11 is 0. The Labute approximate surface area is 125 Å². The lowest BCUT2D eigenvalue weighted by molar-refractivity contribution is -0.152. The number of nitrogens with zero attached hydrogens (tertiary/aromatic N) is 3. The molecular weight excluding hydrogens is 270 g/mol. The van der Waals surface area contributed by atoms with E-state index in [0.717, 1.165) is 44.6 Å². The van der Waals surface area contributed by atoms with Crippen molar-refractivity contribution in [2.75, 3.05) is 13.1 Å². The second-order valence-electron chi connectivity index (χ2n) is 5.97. The molecule has 0 aromatic carbocycles. The maximum absolute atomic E-state index is 11.5. The molecule has 1 fully saturated rings. The molecule has 6 nitrogen and oxygen atoms in total. The van der Waals surface area contributed by atoms with Crippen molar-refractivity contribution in [3.05, 3.63) is 11.7 Å². The van der Waals surface area contributed by atoms with Crippen LogP contribution in [0.25, 0.3) is 0 Å². The molecule has 0 bridgehead atoms. The van der Waals surface area contributed by atoms with Crippen LogP contribution in [0.3, 0.4) is 0 Å². The minimum Gasteiger partial charge on any atom is -0.481 e. The van der Waals surface area contributed by atoms with Gasteiger partial charge in [-0.3, -0.25) is 9.69 Å². The van der Waals surface area contributed by atoms with Crippen LogP contribution in [0.1, 0.15) is 57.7 Å². The maximum atomic E-state index is 11.5. The summed E-state index contributed by atoms with van der Waals surface area (Å²) in [6.45, 7) is 6.30. The quantitative estimate of drug-likeness (QED) is 0.832. The van der Waals surface area contributed by atoms with E-state index in [1.165, 1.54) is 0 Å². The van der Waals surface area contributed by atoms with Crippen LogP contribution in [0.4, 0.5) is 0 Å². The van der Waals surface area contributed by atoms with Crippen LogP contribution in [-0.2, 0) is 17.8 Å². The first kappa shape index (κ1) is 15.9. The Balaban J connectivity index is 1.89. The maximum Gasteiger partial charge on any atom is 0.309 e. The zero-order chi connectivity index (χ0) is 15.3. The summed E-state index contributed by atoms with van der Waals surface area (Å²) in [5.41, 5.74) is -0.534. The number of carbonyl (C=O) groups is 1. The van der Waals surface area contributed by atoms with Gasteiger partial charge >= 0.3 is 5.97 Å². The normalized spacial score (nSPS) is 18.8. The first-order valence-electron chi connectivity index (χ1n) is 7.87. The van der Waals surface area contributed by atoms with Gasteiger partial charge in [0.05, 0.1) is 12.0 Å². The summed E-state index contributed by atoms with van der Waals surface area (Å²) in [6, 6.07) is 0. The molecule has 1 aliphatic rings. The molecule has 1 N–H and O–H groups in total. The number of piperidine rings is 1. The molecule has 1 aromatic rings. The highest BCUT2D eigenvalue weighted by Gasteiger charge is 2.40. The lowest BCUT2D eigenvalue weighted by Gasteiger charge is -2.38. The van der Waals surface area contributed by atoms with Crippen molar-refractivity contribution in [1.29, 1.82) is 0 Å². The fraction of sp³-hybridized carbons (Fsp3) is 0.800. The molecule has 0 saturated carbocycles. The molecule has 0 amide bonds. The number of carboxylic acids is 1. The molecule has 0 spiro atoms. The van der Waals surface area contributed by atoms with Crippen molar-refractivity contribution in [2.24, 2.45) is 5.41 Å². The Bertz CT molecular complexity index is 464. The summed E-state index contributed by atoms with van der Waals surface area (Å²) in [4.78, 5) is 18.1. The third kappa shape index (κ3) is 3.81. The molecule has 1 saturated heterocycles. The zero-order valence-corrected chi connectivity index (χ0v) is 13.0. The van der Waals surface area contributed by atoms with Crippen molar-refractivity contribution in [3.63, 3.8) is 0 Å². The number of aryl methyl sites for hydroxylation is 1. The summed E-state index contributed by atoms with van der Waals surface area (Å²) in [7, 11) is 0. The Morgan fingerprint density at radius 3 is 2.62 bits per heavy atom. The van der Waals surface area contributed by atoms with E-state index in [1.54, 1.807) is 0 Å². The highest BCUT2D eigenvalue weighted by atomic mass is 16.5. The molecule has 0 atom stereocenters. The van der Waals surface area contributed by atoms with Gasteiger partial charge in [0.2, 0.25) is 5.89 Å². The van der Waals surface area contributed by atoms with E-state index >= 15 is 0 Å². The molecule has 0 radical (unpaired) electrons. The number of carboxylic acid groups (broad SMARTS) is 1. The van der Waals surface area contributed by atoms with Crippen molar-refractivity contribution >= 4 is 5.97 Å². The number of rotatable bonds is 7. The molecule has 2 heterocycles. The van der Waals surface area contributed by atoms with Gasteiger partial charge in [0.1, 0.15) is 0 Å². The molecule has 2 rings (SSSR count). The van der Waals surface area contributed by atoms with Gasteiger partial charge in [0, 0.05) is 6.42 Å². The van der Waals surface area contributed by atoms with E-state index in [2.05, 4.69) is 22.0 Å². The van der Waals surface area contributed by atoms with Crippen LogP contribution in [0.5, 0.6) is 0 Å². The highest BCUT2D eigenvalue weighted by molar-refractivity contribution is 5.74. The predicted molar refractivity (Wildman–Crippen MR) is 77.8 cm³/mol. The van der Waals surface area contributed by atoms with Gasteiger partial charge in [-0.1, -0.05) is 25.4 Å². The van der Waals surface area contributed by atoms with Crippen molar-refractivity contribution < 1.29 is 14.4 Å². The first-order valence-corrected chi connectivity index (χ1v) is 7.87. The van der Waals surface area contributed by atoms with E-state index in [-0.39, 0.29) is 0 Å². The zero-order valence-electron chi connectivity index (χ0n) is 13.0. The van der Waals surface area contributed by atoms with Crippen molar-refractivity contribution in [2.45, 2.75) is 58.9 Å². The predicted octanol–water partition coefficient (Wildman–Crippen LogP) is 2.49. The minimum atomic E-state index is -0.646. The Morgan fingerprint density at radius 1 is 1.33 bits per heavy atom. The Kier molecular flexibility index (Phi) is 5.33. The van der Waals surface area contributed by atoms with Gasteiger partial charge < -0.3 is 9.63 Å². The molecule has 118 valence electrons. The van der Waals surface area contributed by atoms with Gasteiger partial charge in [-0.2, -0.15) is 4.98 Å². The van der Waals surface area contributed by atoms with Gasteiger partial charge in [0.25, 0.3) is 0 Å². The number of hydrogen-bond acceptors (Lipinski definition) is 5. The fourth-order valence-electron chi connectivity index (χ4n) is 3.06. The second kappa shape index (κ2) is 7.02. The van der Waals surface area contributed by atoms with E-state index in [0.29, 0.717) is 25.3 Å². The number of aliphatic carboxylic acids is 1. The number of hydrogen-bond donors (Lipinski definition) is 1. The van der Waals surface area contributed by atoms with E-state index < -0.39 is 11.4 Å². The third-order valence-corrected chi connectivity index (χ3v) is 4.34. The summed E-state index contributed by atoms with van der Waals surface area (Å²) in [6.07, 6.45) is 4.91. The molecule has 21 heavy (non-hydrogen) atoms. The average molecular weight is 295 g/mol. The van der Waals surface area contributed by atoms with Crippen LogP contribution in [0.2, 0.25) is 0 Å². The van der Waals surface area contributed by atoms with E-state index in [1.807, 2.05) is 6.92 Å². The average Bonchev–Trinajstić information content (AvgIpc) is 2.89. The monoisotopic (exact) mass is 295 g/mol. The first-order chi connectivity index (χ1) is 10.1. The lowest BCUT2D eigenvalue weighted by atomic mass is 9.75. The molecular formula is C15H25N3O3. The molecule has 1 aromatic heterocycles. The van der Waals surface area contributed by atoms with Gasteiger partial charge in [-0.25, -0.2) is 0 Å². The lowest BCUT2D eigenvalue weighted by Crippen LogP contribution is -2.44. The van der Waals surface area contributed by atoms with Crippen LogP contribution >= 0.6 is 0 Å². The van der Waals surface area contributed by atoms with Crippen molar-refractivity contribution in [1.82, 2.24) is 15.0 Å². The summed E-state index contributed by atoms with van der Waals surface area (Å²) in [5.74, 6) is 0.749. The Morgan fingerprint density at radius 2 is 2.05 bits per heavy atom. The molecule has 0 unspecified atom stereocenters. The third-order valence-electron chi connectivity index (χ3n) is 4.34. The molecule has 1 aliphatic heterocycles. The summed E-state index contributed by atoms with van der Waals surface area (Å²) in [5, 5.41) is 13.4. The fourth-order valence-corrected chi connectivity index (χ4v) is 3.06. The van der Waals surface area contributed by atoms with Crippen LogP contribution in [-0.4, -0.2) is 39.2 Å². The SMILES string of the molecule is CCCc1noc(CN2CCC(CCC)(C(=O)O)CC2)n1. The number of likely N-dealkylation sites (tertiary alicyclic amines) is 1. The minimum absolute atomic E-state index is 0.534. The van der Waals surface area contributed by atoms with Crippen LogP contribution in [0, 0.1) is 5.41 Å². The molecule has 6 heteroatoms. The van der Waals surface area contributed by atoms with Gasteiger partial charge in [-0.05, 0) is 38.8 Å². The number of aromatic nitrogens is 2. The smallest absolute Gasteiger partial charge is 0.309 e. The summed E-state index contributed by atoms with van der Waals surface area (Å²) < 4.78 is 5.25.